The number of carbonyl (C=O) groups is 3. The second-order valence-corrected chi connectivity index (χ2v) is 8.47. The molecule has 4 aromatic carbocycles. The van der Waals surface area contributed by atoms with Crippen molar-refractivity contribution in [2.45, 2.75) is 0 Å². The first-order valence-electron chi connectivity index (χ1n) is 10.3. The lowest BCUT2D eigenvalue weighted by atomic mass is 10.0. The zero-order valence-electron chi connectivity index (χ0n) is 17.3. The minimum absolute atomic E-state index is 0.214. The van der Waals surface area contributed by atoms with Crippen molar-refractivity contribution in [3.8, 4) is 11.1 Å². The van der Waals surface area contributed by atoms with Crippen LogP contribution in [0.1, 0.15) is 31.1 Å². The first kappa shape index (κ1) is 20.8. The van der Waals surface area contributed by atoms with E-state index in [-0.39, 0.29) is 17.0 Å². The number of imide groups is 1. The Labute approximate surface area is 198 Å². The summed E-state index contributed by atoms with van der Waals surface area (Å²) in [6.45, 7) is 0. The number of nitrogens with zero attached hydrogens (tertiary/aromatic N) is 1. The van der Waals surface area contributed by atoms with Crippen molar-refractivity contribution >= 4 is 45.0 Å². The van der Waals surface area contributed by atoms with E-state index in [9.17, 15) is 14.4 Å². The van der Waals surface area contributed by atoms with Gasteiger partial charge in [0.2, 0.25) is 0 Å². The standard InChI is InChI=1S/C27H17BrN2O3/c28-19-11-13-20(14-12-19)29-25(31)18-10-15-22-23(16-18)27(33)30(26(22)32)24-9-5-4-8-21(24)17-6-2-1-3-7-17/h1-16H,(H,29,31). The fraction of sp³-hybridized carbons (Fsp3) is 0. The number of hydrogen-bond acceptors (Lipinski definition) is 3. The molecule has 160 valence electrons. The molecule has 4 aromatic rings. The molecule has 0 unspecified atom stereocenters. The third-order valence-electron chi connectivity index (χ3n) is 5.48. The molecule has 0 radical (unpaired) electrons. The molecule has 0 spiro atoms. The number of rotatable bonds is 4. The average Bonchev–Trinajstić information content (AvgIpc) is 3.10. The summed E-state index contributed by atoms with van der Waals surface area (Å²) in [4.78, 5) is 40.5. The molecule has 33 heavy (non-hydrogen) atoms. The summed E-state index contributed by atoms with van der Waals surface area (Å²) in [5.74, 6) is -1.21. The topological polar surface area (TPSA) is 66.5 Å². The molecule has 6 heteroatoms. The maximum atomic E-state index is 13.3. The third kappa shape index (κ3) is 3.85. The van der Waals surface area contributed by atoms with Gasteiger partial charge >= 0.3 is 0 Å². The molecular weight excluding hydrogens is 480 g/mol. The van der Waals surface area contributed by atoms with E-state index in [2.05, 4.69) is 21.2 Å². The van der Waals surface area contributed by atoms with Crippen LogP contribution in [-0.2, 0) is 0 Å². The molecule has 0 bridgehead atoms. The minimum Gasteiger partial charge on any atom is -0.322 e. The van der Waals surface area contributed by atoms with Gasteiger partial charge in [-0.2, -0.15) is 0 Å². The van der Waals surface area contributed by atoms with E-state index in [1.54, 1.807) is 30.3 Å². The first-order valence-corrected chi connectivity index (χ1v) is 11.1. The number of fused-ring (bicyclic) bond motifs is 1. The lowest BCUT2D eigenvalue weighted by molar-refractivity contribution is 0.0925. The van der Waals surface area contributed by atoms with Gasteiger partial charge in [-0.05, 0) is 54.1 Å². The Bertz CT molecular complexity index is 1400. The summed E-state index contributed by atoms with van der Waals surface area (Å²) in [6, 6.07) is 28.7. The fourth-order valence-corrected chi connectivity index (χ4v) is 4.13. The Morgan fingerprint density at radius 2 is 1.36 bits per heavy atom. The number of para-hydroxylation sites is 1. The van der Waals surface area contributed by atoms with Crippen molar-refractivity contribution in [2.75, 3.05) is 10.2 Å². The quantitative estimate of drug-likeness (QED) is 0.343. The highest BCUT2D eigenvalue weighted by Gasteiger charge is 2.38. The molecule has 5 rings (SSSR count). The number of nitrogens with one attached hydrogen (secondary N) is 1. The van der Waals surface area contributed by atoms with E-state index in [4.69, 9.17) is 0 Å². The molecule has 0 aromatic heterocycles. The molecule has 5 nitrogen and oxygen atoms in total. The van der Waals surface area contributed by atoms with Crippen LogP contribution in [0.15, 0.2) is 102 Å². The Morgan fingerprint density at radius 3 is 2.12 bits per heavy atom. The summed E-state index contributed by atoms with van der Waals surface area (Å²) in [7, 11) is 0. The van der Waals surface area contributed by atoms with Gasteiger partial charge in [0, 0.05) is 21.3 Å². The fourth-order valence-electron chi connectivity index (χ4n) is 3.87. The molecule has 0 atom stereocenters. The Kier molecular flexibility index (Phi) is 5.36. The normalized spacial score (nSPS) is 12.6. The van der Waals surface area contributed by atoms with Crippen LogP contribution in [0, 0.1) is 0 Å². The van der Waals surface area contributed by atoms with Crippen molar-refractivity contribution in [1.82, 2.24) is 0 Å². The SMILES string of the molecule is O=C(Nc1ccc(Br)cc1)c1ccc2c(c1)C(=O)N(c1ccccc1-c1ccccc1)C2=O. The number of halogens is 1. The van der Waals surface area contributed by atoms with Crippen molar-refractivity contribution in [3.05, 3.63) is 118 Å². The maximum Gasteiger partial charge on any atom is 0.266 e. The molecule has 1 aliphatic rings. The first-order chi connectivity index (χ1) is 16.0. The maximum absolute atomic E-state index is 13.3. The van der Waals surface area contributed by atoms with Gasteiger partial charge in [0.05, 0.1) is 16.8 Å². The van der Waals surface area contributed by atoms with Crippen LogP contribution in [0.25, 0.3) is 11.1 Å². The second kappa shape index (κ2) is 8.48. The van der Waals surface area contributed by atoms with Crippen LogP contribution in [0.5, 0.6) is 0 Å². The predicted octanol–water partition coefficient (Wildman–Crippen LogP) is 6.17. The van der Waals surface area contributed by atoms with Crippen molar-refractivity contribution in [2.24, 2.45) is 0 Å². The summed E-state index contributed by atoms with van der Waals surface area (Å²) >= 11 is 3.36. The van der Waals surface area contributed by atoms with Crippen molar-refractivity contribution in [1.29, 1.82) is 0 Å². The lowest BCUT2D eigenvalue weighted by Crippen LogP contribution is -2.29. The molecule has 1 heterocycles. The second-order valence-electron chi connectivity index (χ2n) is 7.55. The number of amides is 3. The van der Waals surface area contributed by atoms with E-state index in [0.717, 1.165) is 15.6 Å². The highest BCUT2D eigenvalue weighted by molar-refractivity contribution is 9.10. The summed E-state index contributed by atoms with van der Waals surface area (Å²) < 4.78 is 0.901. The molecule has 0 saturated carbocycles. The largest absolute Gasteiger partial charge is 0.322 e. The molecule has 0 saturated heterocycles. The van der Waals surface area contributed by atoms with Gasteiger partial charge in [0.25, 0.3) is 17.7 Å². The van der Waals surface area contributed by atoms with Crippen LogP contribution >= 0.6 is 15.9 Å². The average molecular weight is 497 g/mol. The monoisotopic (exact) mass is 496 g/mol. The van der Waals surface area contributed by atoms with E-state index in [1.165, 1.54) is 17.0 Å². The van der Waals surface area contributed by atoms with Crippen LogP contribution in [0.2, 0.25) is 0 Å². The number of anilines is 2. The minimum atomic E-state index is -0.448. The van der Waals surface area contributed by atoms with Gasteiger partial charge < -0.3 is 5.32 Å². The molecule has 0 fully saturated rings. The predicted molar refractivity (Wildman–Crippen MR) is 132 cm³/mol. The van der Waals surface area contributed by atoms with Gasteiger partial charge in [-0.3, -0.25) is 14.4 Å². The van der Waals surface area contributed by atoms with Gasteiger partial charge in [-0.15, -0.1) is 0 Å². The van der Waals surface area contributed by atoms with Crippen molar-refractivity contribution in [3.63, 3.8) is 0 Å². The van der Waals surface area contributed by atoms with E-state index >= 15 is 0 Å². The summed E-state index contributed by atoms with van der Waals surface area (Å²) in [5.41, 5.74) is 3.62. The molecule has 1 aliphatic heterocycles. The zero-order valence-corrected chi connectivity index (χ0v) is 18.9. The van der Waals surface area contributed by atoms with Gasteiger partial charge in [-0.1, -0.05) is 64.5 Å². The molecular formula is C27H17BrN2O3. The Morgan fingerprint density at radius 1 is 0.697 bits per heavy atom. The third-order valence-corrected chi connectivity index (χ3v) is 6.01. The van der Waals surface area contributed by atoms with Crippen molar-refractivity contribution < 1.29 is 14.4 Å². The zero-order chi connectivity index (χ0) is 22.9. The molecule has 0 aliphatic carbocycles. The van der Waals surface area contributed by atoms with Gasteiger partial charge in [-0.25, -0.2) is 4.90 Å². The smallest absolute Gasteiger partial charge is 0.266 e. The van der Waals surface area contributed by atoms with E-state index in [0.29, 0.717) is 16.9 Å². The Hall–Kier alpha value is -4.03. The van der Waals surface area contributed by atoms with Crippen LogP contribution in [0.4, 0.5) is 11.4 Å². The molecule has 3 amide bonds. The van der Waals surface area contributed by atoms with Crippen LogP contribution < -0.4 is 10.2 Å². The highest BCUT2D eigenvalue weighted by Crippen LogP contribution is 2.36. The number of carbonyl (C=O) groups excluding carboxylic acids is 3. The van der Waals surface area contributed by atoms with E-state index < -0.39 is 11.8 Å². The number of benzene rings is 4. The van der Waals surface area contributed by atoms with Gasteiger partial charge in [0.15, 0.2) is 0 Å². The van der Waals surface area contributed by atoms with E-state index in [1.807, 2.05) is 54.6 Å². The summed E-state index contributed by atoms with van der Waals surface area (Å²) in [6.07, 6.45) is 0. The molecule has 1 N–H and O–H groups in total. The number of hydrogen-bond donors (Lipinski definition) is 1. The Balaban J connectivity index is 1.48. The summed E-state index contributed by atoms with van der Waals surface area (Å²) in [5, 5.41) is 2.81. The highest BCUT2D eigenvalue weighted by atomic mass is 79.9. The van der Waals surface area contributed by atoms with Crippen LogP contribution in [-0.4, -0.2) is 17.7 Å². The van der Waals surface area contributed by atoms with Gasteiger partial charge in [0.1, 0.15) is 0 Å². The van der Waals surface area contributed by atoms with Crippen LogP contribution in [0.3, 0.4) is 0 Å². The lowest BCUT2D eigenvalue weighted by Gasteiger charge is -2.18.